The first-order valence-electron chi connectivity index (χ1n) is 7.42. The number of nitrogens with zero attached hydrogens (tertiary/aromatic N) is 1. The van der Waals surface area contributed by atoms with Crippen LogP contribution in [-0.2, 0) is 11.2 Å². The Hall–Kier alpha value is -2.50. The topological polar surface area (TPSA) is 29.5 Å². The highest BCUT2D eigenvalue weighted by Gasteiger charge is 2.20. The van der Waals surface area contributed by atoms with E-state index in [1.54, 1.807) is 44.3 Å². The van der Waals surface area contributed by atoms with Gasteiger partial charge in [0.15, 0.2) is 0 Å². The zero-order chi connectivity index (χ0) is 17.7. The number of rotatable bonds is 6. The molecule has 0 aromatic heterocycles. The minimum Gasteiger partial charge on any atom is -0.435 e. The summed E-state index contributed by atoms with van der Waals surface area (Å²) in [5, 5.41) is 0. The van der Waals surface area contributed by atoms with Crippen molar-refractivity contribution in [3.05, 3.63) is 65.5 Å². The maximum atomic E-state index is 13.8. The molecule has 128 valence electrons. The average molecular weight is 337 g/mol. The van der Waals surface area contributed by atoms with Crippen molar-refractivity contribution in [1.29, 1.82) is 0 Å². The van der Waals surface area contributed by atoms with E-state index >= 15 is 0 Å². The third-order valence-electron chi connectivity index (χ3n) is 3.83. The highest BCUT2D eigenvalue weighted by Crippen LogP contribution is 2.22. The van der Waals surface area contributed by atoms with E-state index in [9.17, 15) is 18.0 Å². The first-order valence-corrected chi connectivity index (χ1v) is 7.42. The van der Waals surface area contributed by atoms with Crippen molar-refractivity contribution in [1.82, 2.24) is 4.90 Å². The average Bonchev–Trinajstić information content (AvgIpc) is 2.55. The summed E-state index contributed by atoms with van der Waals surface area (Å²) < 4.78 is 42.3. The zero-order valence-corrected chi connectivity index (χ0v) is 13.4. The van der Waals surface area contributed by atoms with Crippen LogP contribution in [-0.4, -0.2) is 24.5 Å². The largest absolute Gasteiger partial charge is 0.435 e. The Balaban J connectivity index is 2.02. The van der Waals surface area contributed by atoms with Crippen molar-refractivity contribution in [2.45, 2.75) is 26.0 Å². The van der Waals surface area contributed by atoms with Gasteiger partial charge in [-0.05, 0) is 30.7 Å². The summed E-state index contributed by atoms with van der Waals surface area (Å²) in [6.07, 6.45) is 0.0876. The Morgan fingerprint density at radius 2 is 1.75 bits per heavy atom. The number of likely N-dealkylation sites (N-methyl/N-ethyl adjacent to an activating group) is 1. The molecule has 0 saturated carbocycles. The van der Waals surface area contributed by atoms with Crippen LogP contribution >= 0.6 is 0 Å². The lowest BCUT2D eigenvalue weighted by Gasteiger charge is -2.25. The first-order chi connectivity index (χ1) is 11.4. The molecule has 2 rings (SSSR count). The predicted molar refractivity (Wildman–Crippen MR) is 84.4 cm³/mol. The molecule has 1 atom stereocenters. The summed E-state index contributed by atoms with van der Waals surface area (Å²) >= 11 is 0. The molecule has 0 N–H and O–H groups in total. The standard InChI is InChI=1S/C18H18F3NO2/c1-12(15-5-3-4-6-16(15)19)22(2)17(23)11-13-7-9-14(10-8-13)24-18(20)21/h3-10,12,18H,11H2,1-2H3. The Morgan fingerprint density at radius 1 is 1.12 bits per heavy atom. The molecule has 0 bridgehead atoms. The summed E-state index contributed by atoms with van der Waals surface area (Å²) in [4.78, 5) is 13.8. The Bertz CT molecular complexity index is 689. The van der Waals surface area contributed by atoms with Gasteiger partial charge in [-0.2, -0.15) is 8.78 Å². The van der Waals surface area contributed by atoms with Gasteiger partial charge in [-0.3, -0.25) is 4.79 Å². The van der Waals surface area contributed by atoms with E-state index < -0.39 is 12.7 Å². The van der Waals surface area contributed by atoms with Gasteiger partial charge in [0, 0.05) is 12.6 Å². The molecule has 0 fully saturated rings. The van der Waals surface area contributed by atoms with E-state index in [1.807, 2.05) is 0 Å². The molecule has 3 nitrogen and oxygen atoms in total. The number of hydrogen-bond donors (Lipinski definition) is 0. The molecule has 0 saturated heterocycles. The van der Waals surface area contributed by atoms with Gasteiger partial charge in [-0.1, -0.05) is 30.3 Å². The number of benzene rings is 2. The first kappa shape index (κ1) is 17.8. The van der Waals surface area contributed by atoms with Gasteiger partial charge in [-0.15, -0.1) is 0 Å². The fraction of sp³-hybridized carbons (Fsp3) is 0.278. The van der Waals surface area contributed by atoms with Crippen molar-refractivity contribution in [2.75, 3.05) is 7.05 Å². The smallest absolute Gasteiger partial charge is 0.387 e. The van der Waals surface area contributed by atoms with Crippen LogP contribution < -0.4 is 4.74 Å². The van der Waals surface area contributed by atoms with E-state index in [-0.39, 0.29) is 23.9 Å². The van der Waals surface area contributed by atoms with Gasteiger partial charge >= 0.3 is 6.61 Å². The van der Waals surface area contributed by atoms with Gasteiger partial charge in [-0.25, -0.2) is 4.39 Å². The van der Waals surface area contributed by atoms with E-state index in [0.29, 0.717) is 11.1 Å². The predicted octanol–water partition coefficient (Wildman–Crippen LogP) is 4.19. The number of halogens is 3. The Morgan fingerprint density at radius 3 is 2.33 bits per heavy atom. The molecule has 0 heterocycles. The fourth-order valence-corrected chi connectivity index (χ4v) is 2.33. The molecule has 6 heteroatoms. The minimum absolute atomic E-state index is 0.0364. The number of amides is 1. The lowest BCUT2D eigenvalue weighted by atomic mass is 10.1. The van der Waals surface area contributed by atoms with Crippen LogP contribution in [0.5, 0.6) is 5.75 Å². The third kappa shape index (κ3) is 4.50. The normalized spacial score (nSPS) is 12.1. The zero-order valence-electron chi connectivity index (χ0n) is 13.4. The van der Waals surface area contributed by atoms with Crippen molar-refractivity contribution in [2.24, 2.45) is 0 Å². The van der Waals surface area contributed by atoms with Crippen molar-refractivity contribution in [3.8, 4) is 5.75 Å². The van der Waals surface area contributed by atoms with E-state index in [1.165, 1.54) is 23.1 Å². The second kappa shape index (κ2) is 7.86. The molecule has 24 heavy (non-hydrogen) atoms. The summed E-state index contributed by atoms with van der Waals surface area (Å²) in [5.41, 5.74) is 1.10. The highest BCUT2D eigenvalue weighted by molar-refractivity contribution is 5.79. The molecular weight excluding hydrogens is 319 g/mol. The van der Waals surface area contributed by atoms with Gasteiger partial charge < -0.3 is 9.64 Å². The van der Waals surface area contributed by atoms with Gasteiger partial charge in [0.1, 0.15) is 11.6 Å². The number of alkyl halides is 2. The monoisotopic (exact) mass is 337 g/mol. The molecule has 2 aromatic carbocycles. The van der Waals surface area contributed by atoms with E-state index in [4.69, 9.17) is 0 Å². The number of carbonyl (C=O) groups excluding carboxylic acids is 1. The number of ether oxygens (including phenoxy) is 1. The van der Waals surface area contributed by atoms with Crippen LogP contribution in [0.15, 0.2) is 48.5 Å². The Labute approximate surface area is 138 Å². The maximum absolute atomic E-state index is 13.8. The molecule has 0 aliphatic heterocycles. The van der Waals surface area contributed by atoms with Crippen LogP contribution in [0.4, 0.5) is 13.2 Å². The van der Waals surface area contributed by atoms with Crippen molar-refractivity contribution in [3.63, 3.8) is 0 Å². The van der Waals surface area contributed by atoms with E-state index in [0.717, 1.165) is 0 Å². The molecule has 0 spiro atoms. The summed E-state index contributed by atoms with van der Waals surface area (Å²) in [5.74, 6) is -0.527. The SMILES string of the molecule is CC(c1ccccc1F)N(C)C(=O)Cc1ccc(OC(F)F)cc1. The molecule has 0 aliphatic carbocycles. The molecule has 0 aliphatic rings. The lowest BCUT2D eigenvalue weighted by molar-refractivity contribution is -0.131. The second-order valence-electron chi connectivity index (χ2n) is 5.40. The van der Waals surface area contributed by atoms with E-state index in [2.05, 4.69) is 4.74 Å². The molecule has 1 unspecified atom stereocenters. The van der Waals surface area contributed by atoms with Crippen LogP contribution in [0.1, 0.15) is 24.1 Å². The van der Waals surface area contributed by atoms with Gasteiger partial charge in [0.2, 0.25) is 5.91 Å². The van der Waals surface area contributed by atoms with Crippen LogP contribution in [0.2, 0.25) is 0 Å². The number of carbonyl (C=O) groups is 1. The molecule has 1 amide bonds. The second-order valence-corrected chi connectivity index (χ2v) is 5.40. The molecular formula is C18H18F3NO2. The molecule has 2 aromatic rings. The van der Waals surface area contributed by atoms with Gasteiger partial charge in [0.05, 0.1) is 12.5 Å². The van der Waals surface area contributed by atoms with Crippen LogP contribution in [0, 0.1) is 5.82 Å². The summed E-state index contributed by atoms with van der Waals surface area (Å²) in [7, 11) is 1.60. The molecule has 0 radical (unpaired) electrons. The van der Waals surface area contributed by atoms with Crippen molar-refractivity contribution < 1.29 is 22.7 Å². The third-order valence-corrected chi connectivity index (χ3v) is 3.83. The Kier molecular flexibility index (Phi) is 5.84. The lowest BCUT2D eigenvalue weighted by Crippen LogP contribution is -2.31. The quantitative estimate of drug-likeness (QED) is 0.791. The van der Waals surface area contributed by atoms with Crippen LogP contribution in [0.3, 0.4) is 0 Å². The highest BCUT2D eigenvalue weighted by atomic mass is 19.3. The fourth-order valence-electron chi connectivity index (χ4n) is 2.33. The van der Waals surface area contributed by atoms with Crippen LogP contribution in [0.25, 0.3) is 0 Å². The van der Waals surface area contributed by atoms with Crippen molar-refractivity contribution >= 4 is 5.91 Å². The summed E-state index contributed by atoms with van der Waals surface area (Å²) in [6, 6.07) is 11.8. The number of hydrogen-bond acceptors (Lipinski definition) is 2. The maximum Gasteiger partial charge on any atom is 0.387 e. The van der Waals surface area contributed by atoms with Gasteiger partial charge in [0.25, 0.3) is 0 Å². The summed E-state index contributed by atoms with van der Waals surface area (Å²) in [6.45, 7) is -1.14. The minimum atomic E-state index is -2.88.